The molecule has 4 N–H and O–H groups in total. The van der Waals surface area contributed by atoms with E-state index in [4.69, 9.17) is 22.3 Å². The number of halogens is 1. The van der Waals surface area contributed by atoms with Crippen molar-refractivity contribution in [3.05, 3.63) is 58.4 Å². The predicted octanol–water partition coefficient (Wildman–Crippen LogP) is 6.77. The molecule has 34 heavy (non-hydrogen) atoms. The Labute approximate surface area is 208 Å². The van der Waals surface area contributed by atoms with Crippen molar-refractivity contribution in [3.63, 3.8) is 0 Å². The van der Waals surface area contributed by atoms with Crippen LogP contribution in [0, 0.1) is 12.8 Å². The zero-order valence-corrected chi connectivity index (χ0v) is 21.2. The number of carboxylic acid groups (broad SMARTS) is 1. The van der Waals surface area contributed by atoms with E-state index >= 15 is 0 Å². The summed E-state index contributed by atoms with van der Waals surface area (Å²) in [5, 5.41) is 11.7. The van der Waals surface area contributed by atoms with E-state index in [9.17, 15) is 9.90 Å². The van der Waals surface area contributed by atoms with Crippen LogP contribution in [0.1, 0.15) is 60.4 Å². The van der Waals surface area contributed by atoms with Crippen molar-refractivity contribution in [3.8, 4) is 0 Å². The Balaban J connectivity index is 1.67. The van der Waals surface area contributed by atoms with E-state index in [1.165, 1.54) is 11.8 Å². The Morgan fingerprint density at radius 2 is 2.15 bits per heavy atom. The molecule has 6 nitrogen and oxygen atoms in total. The van der Waals surface area contributed by atoms with Crippen LogP contribution in [-0.4, -0.2) is 32.1 Å². The van der Waals surface area contributed by atoms with Gasteiger partial charge in [0.1, 0.15) is 5.82 Å². The minimum absolute atomic E-state index is 0.205. The number of allylic oxidation sites excluding steroid dienone is 1. The third-order valence-corrected chi connectivity index (χ3v) is 7.60. The summed E-state index contributed by atoms with van der Waals surface area (Å²) in [6.45, 7) is 10.1. The molecule has 1 saturated carbocycles. The number of carbonyl (C=O) groups is 1. The van der Waals surface area contributed by atoms with Gasteiger partial charge in [-0.2, -0.15) is 0 Å². The summed E-state index contributed by atoms with van der Waals surface area (Å²) >= 11 is 8.22. The molecule has 0 amide bonds. The molecule has 0 saturated heterocycles. The number of aromatic carboxylic acids is 1. The Morgan fingerprint density at radius 3 is 2.79 bits per heavy atom. The highest BCUT2D eigenvalue weighted by atomic mass is 35.5. The van der Waals surface area contributed by atoms with Crippen LogP contribution in [0.5, 0.6) is 0 Å². The van der Waals surface area contributed by atoms with Crippen molar-refractivity contribution in [1.82, 2.24) is 9.97 Å². The van der Waals surface area contributed by atoms with Gasteiger partial charge in [-0.15, -0.1) is 0 Å². The first-order valence-corrected chi connectivity index (χ1v) is 12.6. The Morgan fingerprint density at radius 1 is 1.38 bits per heavy atom. The van der Waals surface area contributed by atoms with E-state index in [0.717, 1.165) is 52.5 Å². The SMILES string of the molecule is C=C(c1c(N=C(C)Sc2ccc3nc(C)cc(C(=O)O)c3c2)[nH]c(CC)c1Cl)C1CCC(N)C1. The molecule has 3 aromatic rings. The van der Waals surface area contributed by atoms with Crippen LogP contribution in [0.4, 0.5) is 5.82 Å². The fourth-order valence-corrected chi connectivity index (χ4v) is 5.78. The summed E-state index contributed by atoms with van der Waals surface area (Å²) in [5.74, 6) is 0.0494. The minimum atomic E-state index is -0.967. The third-order valence-electron chi connectivity index (χ3n) is 6.30. The summed E-state index contributed by atoms with van der Waals surface area (Å²) in [7, 11) is 0. The fraction of sp³-hybridized carbons (Fsp3) is 0.346. The van der Waals surface area contributed by atoms with Gasteiger partial charge in [0.05, 0.1) is 21.1 Å². The maximum Gasteiger partial charge on any atom is 0.336 e. The number of aliphatic imine (C=N–C) groups is 1. The van der Waals surface area contributed by atoms with Gasteiger partial charge in [-0.05, 0) is 75.3 Å². The standard InChI is InChI=1S/C26H29ClN4O2S/c1-5-21-24(27)23(14(3)16-6-7-17(28)11-16)25(31-21)30-15(4)34-18-8-9-22-19(12-18)20(26(32)33)10-13(2)29-22/h8-10,12,16-17,31H,3,5-7,11,28H2,1-2,4H3,(H,32,33). The predicted molar refractivity (Wildman–Crippen MR) is 142 cm³/mol. The second-order valence-electron chi connectivity index (χ2n) is 8.82. The van der Waals surface area contributed by atoms with Crippen LogP contribution in [0.15, 0.2) is 40.7 Å². The molecule has 2 unspecified atom stereocenters. The van der Waals surface area contributed by atoms with E-state index in [1.54, 1.807) is 13.0 Å². The molecular weight excluding hydrogens is 468 g/mol. The number of thioether (sulfide) groups is 1. The molecule has 0 radical (unpaired) electrons. The number of pyridine rings is 1. The summed E-state index contributed by atoms with van der Waals surface area (Å²) in [6.07, 6.45) is 3.68. The summed E-state index contributed by atoms with van der Waals surface area (Å²) in [5.41, 5.74) is 10.5. The van der Waals surface area contributed by atoms with Crippen molar-refractivity contribution in [2.75, 3.05) is 0 Å². The molecule has 1 aromatic carbocycles. The molecule has 2 aromatic heterocycles. The molecule has 1 aliphatic carbocycles. The van der Waals surface area contributed by atoms with Gasteiger partial charge in [0, 0.05) is 33.3 Å². The molecule has 0 aliphatic heterocycles. The van der Waals surface area contributed by atoms with Gasteiger partial charge >= 0.3 is 5.97 Å². The Kier molecular flexibility index (Phi) is 7.17. The highest BCUT2D eigenvalue weighted by molar-refractivity contribution is 8.13. The normalized spacial score (nSPS) is 18.6. The first kappa shape index (κ1) is 24.5. The van der Waals surface area contributed by atoms with Gasteiger partial charge in [0.2, 0.25) is 0 Å². The highest BCUT2D eigenvalue weighted by Crippen LogP contribution is 2.43. The van der Waals surface area contributed by atoms with Crippen LogP contribution in [0.3, 0.4) is 0 Å². The number of fused-ring (bicyclic) bond motifs is 1. The van der Waals surface area contributed by atoms with E-state index in [1.807, 2.05) is 25.1 Å². The van der Waals surface area contributed by atoms with Gasteiger partial charge in [0.15, 0.2) is 0 Å². The maximum atomic E-state index is 11.7. The first-order chi connectivity index (χ1) is 16.2. The van der Waals surface area contributed by atoms with Crippen LogP contribution >= 0.6 is 23.4 Å². The van der Waals surface area contributed by atoms with Gasteiger partial charge in [-0.3, -0.25) is 4.98 Å². The van der Waals surface area contributed by atoms with E-state index in [2.05, 4.69) is 23.5 Å². The average molecular weight is 497 g/mol. The second-order valence-corrected chi connectivity index (χ2v) is 10.5. The molecular formula is C26H29ClN4O2S. The van der Waals surface area contributed by atoms with Gasteiger partial charge < -0.3 is 15.8 Å². The zero-order valence-electron chi connectivity index (χ0n) is 19.6. The van der Waals surface area contributed by atoms with E-state index in [0.29, 0.717) is 33.4 Å². The lowest BCUT2D eigenvalue weighted by molar-refractivity contribution is 0.0699. The Bertz CT molecular complexity index is 1310. The second kappa shape index (κ2) is 9.94. The van der Waals surface area contributed by atoms with Crippen LogP contribution in [0.25, 0.3) is 16.5 Å². The molecule has 0 bridgehead atoms. The summed E-state index contributed by atoms with van der Waals surface area (Å²) in [4.78, 5) is 25.3. The number of aryl methyl sites for hydroxylation is 2. The van der Waals surface area contributed by atoms with Crippen LogP contribution < -0.4 is 5.73 Å². The molecule has 4 rings (SSSR count). The molecule has 1 fully saturated rings. The summed E-state index contributed by atoms with van der Waals surface area (Å²) < 4.78 is 0. The topological polar surface area (TPSA) is 104 Å². The molecule has 1 aliphatic rings. The minimum Gasteiger partial charge on any atom is -0.478 e. The number of rotatable bonds is 6. The number of hydrogen-bond donors (Lipinski definition) is 3. The lowest BCUT2D eigenvalue weighted by Gasteiger charge is -2.14. The number of benzene rings is 1. The maximum absolute atomic E-state index is 11.7. The number of nitrogens with zero attached hydrogens (tertiary/aromatic N) is 2. The van der Waals surface area contributed by atoms with Crippen LogP contribution in [0.2, 0.25) is 5.02 Å². The molecule has 2 atom stereocenters. The van der Waals surface area contributed by atoms with Crippen molar-refractivity contribution < 1.29 is 9.90 Å². The lowest BCUT2D eigenvalue weighted by atomic mass is 9.93. The number of carboxylic acids is 1. The number of aromatic nitrogens is 2. The van der Waals surface area contributed by atoms with Gasteiger partial charge in [0.25, 0.3) is 0 Å². The zero-order chi connectivity index (χ0) is 24.6. The largest absolute Gasteiger partial charge is 0.478 e. The first-order valence-electron chi connectivity index (χ1n) is 11.4. The third kappa shape index (κ3) is 4.92. The lowest BCUT2D eigenvalue weighted by Crippen LogP contribution is -2.15. The highest BCUT2D eigenvalue weighted by Gasteiger charge is 2.28. The van der Waals surface area contributed by atoms with Crippen LogP contribution in [-0.2, 0) is 6.42 Å². The van der Waals surface area contributed by atoms with E-state index in [-0.39, 0.29) is 11.6 Å². The van der Waals surface area contributed by atoms with E-state index < -0.39 is 5.97 Å². The van der Waals surface area contributed by atoms with Crippen molar-refractivity contribution >= 4 is 56.7 Å². The average Bonchev–Trinajstić information content (AvgIpc) is 3.35. The molecule has 178 valence electrons. The number of hydrogen-bond acceptors (Lipinski definition) is 5. The Hall–Kier alpha value is -2.61. The van der Waals surface area contributed by atoms with Crippen molar-refractivity contribution in [1.29, 1.82) is 0 Å². The fourth-order valence-electron chi connectivity index (χ4n) is 4.60. The quantitative estimate of drug-likeness (QED) is 0.198. The molecule has 2 heterocycles. The number of aromatic amines is 1. The van der Waals surface area contributed by atoms with Gasteiger partial charge in [-0.25, -0.2) is 9.79 Å². The van der Waals surface area contributed by atoms with Crippen molar-refractivity contribution in [2.24, 2.45) is 16.6 Å². The number of nitrogens with one attached hydrogen (secondary N) is 1. The van der Waals surface area contributed by atoms with Gasteiger partial charge in [-0.1, -0.05) is 36.9 Å². The molecule has 8 heteroatoms. The molecule has 0 spiro atoms. The monoisotopic (exact) mass is 496 g/mol. The smallest absolute Gasteiger partial charge is 0.336 e. The summed E-state index contributed by atoms with van der Waals surface area (Å²) in [6, 6.07) is 7.44. The van der Waals surface area contributed by atoms with Crippen molar-refractivity contribution in [2.45, 2.75) is 57.4 Å². The number of nitrogens with two attached hydrogens (primary N) is 1. The number of H-pyrrole nitrogens is 1.